The number of nitrogens with one attached hydrogen (secondary N) is 1. The fraction of sp³-hybridized carbons (Fsp3) is 0.462. The normalized spacial score (nSPS) is 15.9. The van der Waals surface area contributed by atoms with Gasteiger partial charge in [-0.25, -0.2) is 4.99 Å². The van der Waals surface area contributed by atoms with E-state index in [1.165, 1.54) is 24.0 Å². The summed E-state index contributed by atoms with van der Waals surface area (Å²) < 4.78 is 0. The van der Waals surface area contributed by atoms with Crippen molar-refractivity contribution in [1.29, 1.82) is 0 Å². The summed E-state index contributed by atoms with van der Waals surface area (Å²) >= 11 is 1.84. The molecule has 0 aromatic heterocycles. The Balaban J connectivity index is 1.84. The number of guanidine groups is 1. The average Bonchev–Trinajstić information content (AvgIpc) is 3.12. The van der Waals surface area contributed by atoms with Crippen LogP contribution in [0.1, 0.15) is 24.0 Å². The highest BCUT2D eigenvalue weighted by molar-refractivity contribution is 7.97. The predicted octanol–water partition coefficient (Wildman–Crippen LogP) is 2.12. The van der Waals surface area contributed by atoms with E-state index in [4.69, 9.17) is 5.73 Å². The molecular weight excluding hydrogens is 230 g/mol. The van der Waals surface area contributed by atoms with E-state index in [0.29, 0.717) is 18.5 Å². The molecule has 1 aromatic carbocycles. The number of nitrogens with two attached hydrogens (primary N) is 1. The van der Waals surface area contributed by atoms with Gasteiger partial charge in [-0.05, 0) is 30.2 Å². The van der Waals surface area contributed by atoms with Crippen LogP contribution in [-0.2, 0) is 12.3 Å². The summed E-state index contributed by atoms with van der Waals surface area (Å²) in [6.07, 6.45) is 4.56. The van der Waals surface area contributed by atoms with Gasteiger partial charge in [0.05, 0.1) is 6.54 Å². The maximum Gasteiger partial charge on any atom is 0.189 e. The molecule has 0 bridgehead atoms. The zero-order valence-electron chi connectivity index (χ0n) is 10.1. The summed E-state index contributed by atoms with van der Waals surface area (Å²) in [4.78, 5) is 4.33. The number of hydrogen-bond donors (Lipinski definition) is 2. The Morgan fingerprint density at radius 1 is 1.35 bits per heavy atom. The second-order valence-corrected chi connectivity index (χ2v) is 5.24. The van der Waals surface area contributed by atoms with Gasteiger partial charge in [0.25, 0.3) is 0 Å². The van der Waals surface area contributed by atoms with Crippen molar-refractivity contribution >= 4 is 17.7 Å². The predicted molar refractivity (Wildman–Crippen MR) is 75.1 cm³/mol. The van der Waals surface area contributed by atoms with E-state index in [1.807, 2.05) is 11.8 Å². The van der Waals surface area contributed by atoms with E-state index in [9.17, 15) is 0 Å². The molecule has 1 fully saturated rings. The molecule has 0 saturated heterocycles. The molecule has 0 aliphatic heterocycles. The number of nitrogens with zero attached hydrogens (tertiary/aromatic N) is 1. The molecule has 0 atom stereocenters. The molecular formula is C13H19N3S. The smallest absolute Gasteiger partial charge is 0.189 e. The number of rotatable bonds is 5. The van der Waals surface area contributed by atoms with Crippen molar-refractivity contribution < 1.29 is 0 Å². The van der Waals surface area contributed by atoms with Crippen molar-refractivity contribution in [2.75, 3.05) is 6.26 Å². The molecule has 92 valence electrons. The highest BCUT2D eigenvalue weighted by Gasteiger charge is 2.21. The van der Waals surface area contributed by atoms with Gasteiger partial charge in [-0.1, -0.05) is 24.3 Å². The molecule has 1 aliphatic rings. The SMILES string of the molecule is CSCc1ccc(CN=C(N)NC2CC2)cc1. The van der Waals surface area contributed by atoms with Crippen LogP contribution in [-0.4, -0.2) is 18.3 Å². The van der Waals surface area contributed by atoms with Crippen molar-refractivity contribution in [3.05, 3.63) is 35.4 Å². The molecule has 1 aromatic rings. The zero-order chi connectivity index (χ0) is 12.1. The van der Waals surface area contributed by atoms with Crippen LogP contribution in [0.15, 0.2) is 29.3 Å². The van der Waals surface area contributed by atoms with Crippen LogP contribution in [0.5, 0.6) is 0 Å². The van der Waals surface area contributed by atoms with Gasteiger partial charge in [-0.3, -0.25) is 0 Å². The lowest BCUT2D eigenvalue weighted by Crippen LogP contribution is -2.33. The Morgan fingerprint density at radius 2 is 2.00 bits per heavy atom. The molecule has 4 heteroatoms. The summed E-state index contributed by atoms with van der Waals surface area (Å²) in [6.45, 7) is 0.658. The quantitative estimate of drug-likeness (QED) is 0.621. The average molecular weight is 249 g/mol. The molecule has 0 heterocycles. The minimum Gasteiger partial charge on any atom is -0.370 e. The van der Waals surface area contributed by atoms with Gasteiger partial charge in [0.2, 0.25) is 0 Å². The third kappa shape index (κ3) is 4.30. The maximum atomic E-state index is 5.78. The van der Waals surface area contributed by atoms with Crippen LogP contribution in [0, 0.1) is 0 Å². The maximum absolute atomic E-state index is 5.78. The second kappa shape index (κ2) is 5.96. The lowest BCUT2D eigenvalue weighted by molar-refractivity contribution is 0.879. The standard InChI is InChI=1S/C13H19N3S/c1-17-9-11-4-2-10(3-5-11)8-15-13(14)16-12-6-7-12/h2-5,12H,6-9H2,1H3,(H3,14,15,16). The van der Waals surface area contributed by atoms with Gasteiger partial charge >= 0.3 is 0 Å². The van der Waals surface area contributed by atoms with Crippen molar-refractivity contribution in [2.45, 2.75) is 31.2 Å². The summed E-state index contributed by atoms with van der Waals surface area (Å²) in [6, 6.07) is 9.14. The summed E-state index contributed by atoms with van der Waals surface area (Å²) in [5.74, 6) is 1.63. The Labute approximate surface area is 107 Å². The first-order chi connectivity index (χ1) is 8.28. The molecule has 1 aliphatic carbocycles. The first-order valence-electron chi connectivity index (χ1n) is 5.91. The zero-order valence-corrected chi connectivity index (χ0v) is 11.0. The Morgan fingerprint density at radius 3 is 2.59 bits per heavy atom. The van der Waals surface area contributed by atoms with E-state index < -0.39 is 0 Å². The van der Waals surface area contributed by atoms with Crippen molar-refractivity contribution in [2.24, 2.45) is 10.7 Å². The van der Waals surface area contributed by atoms with Crippen molar-refractivity contribution in [3.8, 4) is 0 Å². The van der Waals surface area contributed by atoms with E-state index >= 15 is 0 Å². The molecule has 3 N–H and O–H groups in total. The highest BCUT2D eigenvalue weighted by atomic mass is 32.2. The molecule has 1 saturated carbocycles. The Bertz CT molecular complexity index is 382. The lowest BCUT2D eigenvalue weighted by Gasteiger charge is -2.04. The number of hydrogen-bond acceptors (Lipinski definition) is 2. The third-order valence-electron chi connectivity index (χ3n) is 2.70. The lowest BCUT2D eigenvalue weighted by atomic mass is 10.1. The molecule has 17 heavy (non-hydrogen) atoms. The van der Waals surface area contributed by atoms with E-state index in [1.54, 1.807) is 0 Å². The number of aliphatic imine (C=N–C) groups is 1. The van der Waals surface area contributed by atoms with Crippen LogP contribution in [0.3, 0.4) is 0 Å². The van der Waals surface area contributed by atoms with Crippen LogP contribution >= 0.6 is 11.8 Å². The summed E-state index contributed by atoms with van der Waals surface area (Å²) in [7, 11) is 0. The second-order valence-electron chi connectivity index (χ2n) is 4.37. The molecule has 0 spiro atoms. The molecule has 0 radical (unpaired) electrons. The topological polar surface area (TPSA) is 50.4 Å². The van der Waals surface area contributed by atoms with Crippen LogP contribution in [0.4, 0.5) is 0 Å². The van der Waals surface area contributed by atoms with Crippen molar-refractivity contribution in [1.82, 2.24) is 5.32 Å². The summed E-state index contributed by atoms with van der Waals surface area (Å²) in [5, 5.41) is 3.18. The summed E-state index contributed by atoms with van der Waals surface area (Å²) in [5.41, 5.74) is 8.34. The minimum atomic E-state index is 0.570. The Kier molecular flexibility index (Phi) is 4.31. The van der Waals surface area contributed by atoms with Crippen LogP contribution in [0.2, 0.25) is 0 Å². The monoisotopic (exact) mass is 249 g/mol. The van der Waals surface area contributed by atoms with Gasteiger partial charge in [0, 0.05) is 11.8 Å². The molecule has 0 amide bonds. The van der Waals surface area contributed by atoms with Crippen LogP contribution in [0.25, 0.3) is 0 Å². The molecule has 3 nitrogen and oxygen atoms in total. The van der Waals surface area contributed by atoms with Gasteiger partial charge < -0.3 is 11.1 Å². The first kappa shape index (κ1) is 12.3. The van der Waals surface area contributed by atoms with E-state index in [-0.39, 0.29) is 0 Å². The highest BCUT2D eigenvalue weighted by Crippen LogP contribution is 2.18. The van der Waals surface area contributed by atoms with Crippen molar-refractivity contribution in [3.63, 3.8) is 0 Å². The van der Waals surface area contributed by atoms with Gasteiger partial charge in [0.1, 0.15) is 0 Å². The molecule has 2 rings (SSSR count). The third-order valence-corrected chi connectivity index (χ3v) is 3.32. The minimum absolute atomic E-state index is 0.570. The van der Waals surface area contributed by atoms with Gasteiger partial charge in [0.15, 0.2) is 5.96 Å². The van der Waals surface area contributed by atoms with Gasteiger partial charge in [-0.2, -0.15) is 11.8 Å². The number of benzene rings is 1. The van der Waals surface area contributed by atoms with Gasteiger partial charge in [-0.15, -0.1) is 0 Å². The fourth-order valence-corrected chi connectivity index (χ4v) is 2.09. The van der Waals surface area contributed by atoms with E-state index in [2.05, 4.69) is 40.8 Å². The Hall–Kier alpha value is -1.16. The first-order valence-corrected chi connectivity index (χ1v) is 7.30. The fourth-order valence-electron chi connectivity index (χ4n) is 1.57. The van der Waals surface area contributed by atoms with Crippen LogP contribution < -0.4 is 11.1 Å². The largest absolute Gasteiger partial charge is 0.370 e. The molecule has 0 unspecified atom stereocenters. The van der Waals surface area contributed by atoms with E-state index in [0.717, 1.165) is 5.75 Å². The number of thioether (sulfide) groups is 1.